The summed E-state index contributed by atoms with van der Waals surface area (Å²) in [6, 6.07) is 8.85. The lowest BCUT2D eigenvalue weighted by atomic mass is 10.1. The molecule has 0 radical (unpaired) electrons. The Morgan fingerprint density at radius 2 is 1.32 bits per heavy atom. The smallest absolute Gasteiger partial charge is 0.336 e. The first kappa shape index (κ1) is 20.4. The molecule has 9 nitrogen and oxygen atoms in total. The molecule has 0 saturated carbocycles. The van der Waals surface area contributed by atoms with Crippen molar-refractivity contribution in [1.82, 2.24) is 10.6 Å². The SMILES string of the molecule is CCC(NC(=O)c1ccccc1C(=O)O)NC(=O)c1cc(O)ccc1C(=O)O. The number of aromatic hydroxyl groups is 1. The van der Waals surface area contributed by atoms with Crippen molar-refractivity contribution in [2.45, 2.75) is 19.5 Å². The van der Waals surface area contributed by atoms with Crippen LogP contribution >= 0.6 is 0 Å². The van der Waals surface area contributed by atoms with Gasteiger partial charge in [0.05, 0.1) is 22.3 Å². The molecule has 2 amide bonds. The largest absolute Gasteiger partial charge is 0.508 e. The van der Waals surface area contributed by atoms with Crippen molar-refractivity contribution < 1.29 is 34.5 Å². The van der Waals surface area contributed by atoms with Gasteiger partial charge in [-0.15, -0.1) is 0 Å². The molecular weight excluding hydrogens is 368 g/mol. The number of phenols is 1. The number of carboxylic acids is 2. The minimum Gasteiger partial charge on any atom is -0.508 e. The number of benzene rings is 2. The molecule has 2 aromatic carbocycles. The normalized spacial score (nSPS) is 11.3. The molecule has 0 saturated heterocycles. The zero-order chi connectivity index (χ0) is 20.8. The molecule has 2 rings (SSSR count). The molecular formula is C19H18N2O7. The Hall–Kier alpha value is -3.88. The summed E-state index contributed by atoms with van der Waals surface area (Å²) < 4.78 is 0. The van der Waals surface area contributed by atoms with E-state index in [0.717, 1.165) is 18.2 Å². The number of carboxylic acid groups (broad SMARTS) is 2. The number of hydrogen-bond donors (Lipinski definition) is 5. The molecule has 1 atom stereocenters. The first-order valence-electron chi connectivity index (χ1n) is 8.25. The van der Waals surface area contributed by atoms with Crippen molar-refractivity contribution >= 4 is 23.8 Å². The molecule has 0 aliphatic heterocycles. The van der Waals surface area contributed by atoms with Crippen LogP contribution in [0.25, 0.3) is 0 Å². The maximum absolute atomic E-state index is 12.5. The maximum atomic E-state index is 12.5. The fourth-order valence-corrected chi connectivity index (χ4v) is 2.49. The van der Waals surface area contributed by atoms with Gasteiger partial charge >= 0.3 is 11.9 Å². The standard InChI is InChI=1S/C19H18N2O7/c1-2-15(20-16(23)11-5-3-4-6-12(11)18(25)26)21-17(24)14-9-10(22)7-8-13(14)19(27)28/h3-9,15,22H,2H2,1H3,(H,20,23)(H,21,24)(H,25,26)(H,27,28). The Balaban J connectivity index is 2.21. The summed E-state index contributed by atoms with van der Waals surface area (Å²) in [5.74, 6) is -4.43. The van der Waals surface area contributed by atoms with E-state index in [-0.39, 0.29) is 34.4 Å². The highest BCUT2D eigenvalue weighted by atomic mass is 16.4. The van der Waals surface area contributed by atoms with Gasteiger partial charge < -0.3 is 26.0 Å². The first-order chi connectivity index (χ1) is 13.2. The number of carbonyl (C=O) groups excluding carboxylic acids is 2. The third-order valence-corrected chi connectivity index (χ3v) is 3.90. The Labute approximate surface area is 159 Å². The van der Waals surface area contributed by atoms with Crippen LogP contribution in [0.3, 0.4) is 0 Å². The van der Waals surface area contributed by atoms with Crippen molar-refractivity contribution in [3.8, 4) is 5.75 Å². The third-order valence-electron chi connectivity index (χ3n) is 3.90. The summed E-state index contributed by atoms with van der Waals surface area (Å²) in [4.78, 5) is 47.4. The molecule has 0 aliphatic carbocycles. The molecule has 1 unspecified atom stereocenters. The lowest BCUT2D eigenvalue weighted by Crippen LogP contribution is -2.48. The molecule has 0 spiro atoms. The molecule has 9 heteroatoms. The molecule has 0 bridgehead atoms. The van der Waals surface area contributed by atoms with Gasteiger partial charge in [0.25, 0.3) is 11.8 Å². The highest BCUT2D eigenvalue weighted by Crippen LogP contribution is 2.17. The summed E-state index contributed by atoms with van der Waals surface area (Å²) in [5, 5.41) is 32.9. The Morgan fingerprint density at radius 3 is 1.86 bits per heavy atom. The molecule has 2 aromatic rings. The van der Waals surface area contributed by atoms with Crippen molar-refractivity contribution in [2.75, 3.05) is 0 Å². The average Bonchev–Trinajstić information content (AvgIpc) is 2.66. The molecule has 0 aliphatic rings. The van der Waals surface area contributed by atoms with Crippen LogP contribution in [0, 0.1) is 0 Å². The number of rotatable bonds is 7. The highest BCUT2D eigenvalue weighted by Gasteiger charge is 2.22. The van der Waals surface area contributed by atoms with E-state index in [1.165, 1.54) is 24.3 Å². The van der Waals surface area contributed by atoms with E-state index >= 15 is 0 Å². The quantitative estimate of drug-likeness (QED) is 0.454. The molecule has 0 aromatic heterocycles. The van der Waals surface area contributed by atoms with E-state index in [9.17, 15) is 34.5 Å². The Kier molecular flexibility index (Phi) is 6.33. The van der Waals surface area contributed by atoms with Crippen LogP contribution in [0.2, 0.25) is 0 Å². The lowest BCUT2D eigenvalue weighted by molar-refractivity contribution is 0.0683. The maximum Gasteiger partial charge on any atom is 0.336 e. The monoisotopic (exact) mass is 386 g/mol. The lowest BCUT2D eigenvalue weighted by Gasteiger charge is -2.20. The fraction of sp³-hybridized carbons (Fsp3) is 0.158. The number of hydrogen-bond acceptors (Lipinski definition) is 5. The van der Waals surface area contributed by atoms with Gasteiger partial charge in [-0.25, -0.2) is 9.59 Å². The number of aromatic carboxylic acids is 2. The van der Waals surface area contributed by atoms with Gasteiger partial charge in [-0.2, -0.15) is 0 Å². The summed E-state index contributed by atoms with van der Waals surface area (Å²) in [6.45, 7) is 1.66. The van der Waals surface area contributed by atoms with Gasteiger partial charge in [0.2, 0.25) is 0 Å². The van der Waals surface area contributed by atoms with Crippen LogP contribution in [-0.4, -0.2) is 45.2 Å². The molecule has 0 fully saturated rings. The first-order valence-corrected chi connectivity index (χ1v) is 8.25. The van der Waals surface area contributed by atoms with E-state index in [1.54, 1.807) is 6.92 Å². The van der Waals surface area contributed by atoms with Crippen LogP contribution in [0.1, 0.15) is 54.8 Å². The van der Waals surface area contributed by atoms with E-state index in [1.807, 2.05) is 0 Å². The minimum absolute atomic E-state index is 0.0775. The number of amides is 2. The molecule has 146 valence electrons. The topological polar surface area (TPSA) is 153 Å². The van der Waals surface area contributed by atoms with Gasteiger partial charge in [-0.1, -0.05) is 19.1 Å². The van der Waals surface area contributed by atoms with E-state index in [4.69, 9.17) is 0 Å². The van der Waals surface area contributed by atoms with Gasteiger partial charge in [0, 0.05) is 0 Å². The van der Waals surface area contributed by atoms with E-state index < -0.39 is 29.9 Å². The number of phenolic OH excluding ortho intramolecular Hbond substituents is 1. The fourth-order valence-electron chi connectivity index (χ4n) is 2.49. The number of carbonyl (C=O) groups is 4. The summed E-state index contributed by atoms with van der Waals surface area (Å²) in [5.41, 5.74) is -0.854. The predicted octanol–water partition coefficient (Wildman–Crippen LogP) is 1.68. The molecule has 28 heavy (non-hydrogen) atoms. The van der Waals surface area contributed by atoms with Gasteiger partial charge in [-0.3, -0.25) is 9.59 Å². The van der Waals surface area contributed by atoms with Crippen molar-refractivity contribution in [3.63, 3.8) is 0 Å². The summed E-state index contributed by atoms with van der Waals surface area (Å²) in [6.07, 6.45) is -0.653. The Morgan fingerprint density at radius 1 is 0.821 bits per heavy atom. The third kappa shape index (κ3) is 4.64. The zero-order valence-corrected chi connectivity index (χ0v) is 14.8. The summed E-state index contributed by atoms with van der Waals surface area (Å²) in [7, 11) is 0. The minimum atomic E-state index is -1.35. The summed E-state index contributed by atoms with van der Waals surface area (Å²) >= 11 is 0. The van der Waals surface area contributed by atoms with Crippen LogP contribution in [0.5, 0.6) is 5.75 Å². The van der Waals surface area contributed by atoms with Gasteiger partial charge in [0.1, 0.15) is 11.9 Å². The van der Waals surface area contributed by atoms with Gasteiger partial charge in [-0.05, 0) is 36.8 Å². The van der Waals surface area contributed by atoms with Crippen LogP contribution in [0.4, 0.5) is 0 Å². The van der Waals surface area contributed by atoms with Crippen LogP contribution in [0.15, 0.2) is 42.5 Å². The van der Waals surface area contributed by atoms with Crippen LogP contribution < -0.4 is 10.6 Å². The van der Waals surface area contributed by atoms with E-state index in [0.29, 0.717) is 0 Å². The zero-order valence-electron chi connectivity index (χ0n) is 14.8. The van der Waals surface area contributed by atoms with E-state index in [2.05, 4.69) is 10.6 Å². The number of nitrogens with one attached hydrogen (secondary N) is 2. The van der Waals surface area contributed by atoms with Crippen molar-refractivity contribution in [1.29, 1.82) is 0 Å². The van der Waals surface area contributed by atoms with Crippen molar-refractivity contribution in [2.24, 2.45) is 0 Å². The Bertz CT molecular complexity index is 940. The predicted molar refractivity (Wildman–Crippen MR) is 97.5 cm³/mol. The molecule has 5 N–H and O–H groups in total. The van der Waals surface area contributed by atoms with Crippen molar-refractivity contribution in [3.05, 3.63) is 64.7 Å². The second-order valence-corrected chi connectivity index (χ2v) is 5.79. The second-order valence-electron chi connectivity index (χ2n) is 5.79. The highest BCUT2D eigenvalue weighted by molar-refractivity contribution is 6.06. The average molecular weight is 386 g/mol. The van der Waals surface area contributed by atoms with Gasteiger partial charge in [0.15, 0.2) is 0 Å². The van der Waals surface area contributed by atoms with Crippen LogP contribution in [-0.2, 0) is 0 Å². The second kappa shape index (κ2) is 8.67. The molecule has 0 heterocycles.